The van der Waals surface area contributed by atoms with Gasteiger partial charge in [0.1, 0.15) is 16.9 Å². The molecule has 4 fully saturated rings. The van der Waals surface area contributed by atoms with Gasteiger partial charge >= 0.3 is 0 Å². The van der Waals surface area contributed by atoms with Crippen LogP contribution in [0.4, 0.5) is 22.3 Å². The van der Waals surface area contributed by atoms with Gasteiger partial charge in [0.15, 0.2) is 17.8 Å². The standard InChI is InChI=1S/C40H51N11O6S/c1-24-18-34(58-47-24)46-37-35(36(41)54)42-20-32(44-37)51-13-3-4-28(22-51)43-38(55)26-11-14-49(15-12-26)21-25-9-16-50(17-10-25)29-5-6-30(27(19-29)23-52)40(57)48(2)31-7-8-33(53)45-39(31)56/h5-6,18-20,23,25-26,28,31H,3-4,7-17,21-22H2,1-2H3,(H2,41,54)(H,43,55)(H,44,46)(H,45,53,56). The fraction of sp³-hybridized carbons (Fsp3) is 0.525. The number of anilines is 4. The maximum absolute atomic E-state index is 13.5. The Bertz CT molecular complexity index is 2040. The third-order valence-corrected chi connectivity index (χ3v) is 12.6. The predicted octanol–water partition coefficient (Wildman–Crippen LogP) is 2.49. The number of aromatic nitrogens is 3. The molecule has 2 atom stereocenters. The Morgan fingerprint density at radius 2 is 1.79 bits per heavy atom. The summed E-state index contributed by atoms with van der Waals surface area (Å²) in [6.45, 7) is 7.61. The Morgan fingerprint density at radius 3 is 2.48 bits per heavy atom. The summed E-state index contributed by atoms with van der Waals surface area (Å²) in [4.78, 5) is 92.0. The molecule has 3 aromatic rings. The highest BCUT2D eigenvalue weighted by Crippen LogP contribution is 2.29. The third-order valence-electron chi connectivity index (χ3n) is 11.8. The van der Waals surface area contributed by atoms with Crippen molar-refractivity contribution >= 4 is 69.7 Å². The summed E-state index contributed by atoms with van der Waals surface area (Å²) in [6, 6.07) is 6.32. The molecule has 5 amide bonds. The number of aldehydes is 1. The lowest BCUT2D eigenvalue weighted by Crippen LogP contribution is -2.53. The van der Waals surface area contributed by atoms with Crippen LogP contribution in [0, 0.1) is 18.8 Å². The molecule has 0 spiro atoms. The van der Waals surface area contributed by atoms with E-state index in [2.05, 4.69) is 40.0 Å². The number of primary amides is 1. The Balaban J connectivity index is 0.855. The monoisotopic (exact) mass is 813 g/mol. The molecule has 0 saturated carbocycles. The predicted molar refractivity (Wildman–Crippen MR) is 218 cm³/mol. The minimum absolute atomic E-state index is 0.0267. The first-order valence-corrected chi connectivity index (χ1v) is 20.8. The van der Waals surface area contributed by atoms with Crippen LogP contribution in [-0.4, -0.2) is 125 Å². The second-order valence-corrected chi connectivity index (χ2v) is 16.6. The molecule has 0 bridgehead atoms. The van der Waals surface area contributed by atoms with E-state index in [0.717, 1.165) is 94.2 Å². The largest absolute Gasteiger partial charge is 0.371 e. The summed E-state index contributed by atoms with van der Waals surface area (Å²) in [6.07, 6.45) is 8.00. The fourth-order valence-corrected chi connectivity index (χ4v) is 9.16. The quantitative estimate of drug-likeness (QED) is 0.153. The lowest BCUT2D eigenvalue weighted by atomic mass is 9.91. The SMILES string of the molecule is Cc1cc(Nc2nc(N3CCCC(NC(=O)C4CCN(CC5CCN(c6ccc(C(=O)N(C)C7CCC(=O)NC7=O)c(C=O)c6)CC5)CC4)C3)cnc2C(N)=O)sn1. The zero-order valence-corrected chi connectivity index (χ0v) is 33.8. The summed E-state index contributed by atoms with van der Waals surface area (Å²) in [7, 11) is 1.52. The van der Waals surface area contributed by atoms with Crippen LogP contribution in [0.3, 0.4) is 0 Å². The number of hydrogen-bond acceptors (Lipinski definition) is 14. The molecule has 4 aliphatic heterocycles. The van der Waals surface area contributed by atoms with Gasteiger partial charge in [-0.15, -0.1) is 0 Å². The molecule has 0 aliphatic carbocycles. The van der Waals surface area contributed by atoms with E-state index < -0.39 is 23.8 Å². The summed E-state index contributed by atoms with van der Waals surface area (Å²) in [5.74, 6) is -0.492. The number of imide groups is 1. The highest BCUT2D eigenvalue weighted by atomic mass is 32.1. The van der Waals surface area contributed by atoms with Crippen molar-refractivity contribution < 1.29 is 28.8 Å². The number of hydrogen-bond donors (Lipinski definition) is 4. The van der Waals surface area contributed by atoms with Crippen molar-refractivity contribution in [3.05, 3.63) is 53.0 Å². The van der Waals surface area contributed by atoms with Crippen LogP contribution in [0.2, 0.25) is 0 Å². The average Bonchev–Trinajstić information content (AvgIpc) is 3.64. The van der Waals surface area contributed by atoms with Gasteiger partial charge in [-0.05, 0) is 107 Å². The zero-order valence-electron chi connectivity index (χ0n) is 32.9. The Hall–Kier alpha value is -5.49. The van der Waals surface area contributed by atoms with Crippen LogP contribution in [-0.2, 0) is 14.4 Å². The molecule has 6 heterocycles. The number of nitrogens with zero attached hydrogens (tertiary/aromatic N) is 7. The average molecular weight is 814 g/mol. The number of likely N-dealkylation sites (N-methyl/N-ethyl adjacent to an activating group) is 1. The lowest BCUT2D eigenvalue weighted by Gasteiger charge is -2.39. The number of benzene rings is 1. The Morgan fingerprint density at radius 1 is 1.02 bits per heavy atom. The number of amides is 5. The number of carbonyl (C=O) groups is 6. The van der Waals surface area contributed by atoms with Crippen LogP contribution in [0.25, 0.3) is 0 Å². The smallest absolute Gasteiger partial charge is 0.271 e. The highest BCUT2D eigenvalue weighted by Gasteiger charge is 2.34. The Labute approximate surface area is 341 Å². The number of likely N-dealkylation sites (tertiary alicyclic amines) is 1. The van der Waals surface area contributed by atoms with Gasteiger partial charge in [0.05, 0.1) is 17.5 Å². The zero-order chi connectivity index (χ0) is 40.9. The van der Waals surface area contributed by atoms with Gasteiger partial charge in [0.25, 0.3) is 11.8 Å². The molecule has 4 aliphatic rings. The van der Waals surface area contributed by atoms with Crippen LogP contribution in [0.5, 0.6) is 0 Å². The molecule has 4 saturated heterocycles. The van der Waals surface area contributed by atoms with Crippen LogP contribution in [0.1, 0.15) is 88.3 Å². The van der Waals surface area contributed by atoms with E-state index in [4.69, 9.17) is 10.7 Å². The number of piperidine rings is 4. The van der Waals surface area contributed by atoms with Gasteiger partial charge in [0, 0.05) is 69.4 Å². The number of rotatable bonds is 12. The normalized spacial score (nSPS) is 21.0. The summed E-state index contributed by atoms with van der Waals surface area (Å²) < 4.78 is 4.27. The molecule has 5 N–H and O–H groups in total. The first kappa shape index (κ1) is 40.7. The van der Waals surface area contributed by atoms with Crippen molar-refractivity contribution in [3.8, 4) is 0 Å². The molecule has 18 heteroatoms. The Kier molecular flexibility index (Phi) is 12.6. The van der Waals surface area contributed by atoms with Crippen molar-refractivity contribution in [3.63, 3.8) is 0 Å². The summed E-state index contributed by atoms with van der Waals surface area (Å²) >= 11 is 1.26. The van der Waals surface area contributed by atoms with Crippen LogP contribution in [0.15, 0.2) is 30.5 Å². The highest BCUT2D eigenvalue weighted by molar-refractivity contribution is 7.10. The fourth-order valence-electron chi connectivity index (χ4n) is 8.50. The van der Waals surface area contributed by atoms with Crippen LogP contribution >= 0.6 is 11.5 Å². The van der Waals surface area contributed by atoms with E-state index in [1.165, 1.54) is 23.5 Å². The molecule has 0 radical (unpaired) electrons. The molecule has 7 rings (SSSR count). The molecule has 17 nitrogen and oxygen atoms in total. The molecule has 2 unspecified atom stereocenters. The van der Waals surface area contributed by atoms with Crippen molar-refractivity contribution in [1.82, 2.24) is 34.8 Å². The number of nitrogens with two attached hydrogens (primary N) is 1. The third kappa shape index (κ3) is 9.44. The van der Waals surface area contributed by atoms with Gasteiger partial charge in [-0.2, -0.15) is 4.37 Å². The van der Waals surface area contributed by atoms with Crippen molar-refractivity contribution in [2.75, 3.05) is 68.0 Å². The van der Waals surface area contributed by atoms with E-state index in [0.29, 0.717) is 24.6 Å². The first-order valence-electron chi connectivity index (χ1n) is 20.1. The van der Waals surface area contributed by atoms with Crippen molar-refractivity contribution in [2.45, 2.75) is 70.4 Å². The number of aryl methyl sites for hydroxylation is 1. The molecular formula is C40H51N11O6S. The molecular weight excluding hydrogens is 763 g/mol. The van der Waals surface area contributed by atoms with Gasteiger partial charge in [-0.3, -0.25) is 34.1 Å². The molecule has 1 aromatic carbocycles. The van der Waals surface area contributed by atoms with Gasteiger partial charge in [-0.25, -0.2) is 9.97 Å². The minimum Gasteiger partial charge on any atom is -0.371 e. The van der Waals surface area contributed by atoms with Gasteiger partial charge in [0.2, 0.25) is 17.7 Å². The van der Waals surface area contributed by atoms with Crippen molar-refractivity contribution in [2.24, 2.45) is 17.6 Å². The van der Waals surface area contributed by atoms with E-state index in [-0.39, 0.29) is 59.3 Å². The summed E-state index contributed by atoms with van der Waals surface area (Å²) in [5.41, 5.74) is 7.87. The molecule has 2 aromatic heterocycles. The molecule has 308 valence electrons. The second kappa shape index (κ2) is 18.0. The van der Waals surface area contributed by atoms with E-state index in [1.54, 1.807) is 18.3 Å². The molecule has 58 heavy (non-hydrogen) atoms. The maximum Gasteiger partial charge on any atom is 0.271 e. The number of carbonyl (C=O) groups excluding carboxylic acids is 6. The van der Waals surface area contributed by atoms with Gasteiger partial charge in [-0.1, -0.05) is 0 Å². The second-order valence-electron chi connectivity index (χ2n) is 15.8. The van der Waals surface area contributed by atoms with E-state index in [1.807, 2.05) is 19.1 Å². The first-order chi connectivity index (χ1) is 27.9. The lowest BCUT2D eigenvalue weighted by molar-refractivity contribution is -0.136. The minimum atomic E-state index is -0.768. The van der Waals surface area contributed by atoms with Crippen molar-refractivity contribution in [1.29, 1.82) is 0 Å². The number of nitrogens with one attached hydrogen (secondary N) is 3. The van der Waals surface area contributed by atoms with Gasteiger partial charge < -0.3 is 36.0 Å². The topological polar surface area (TPSA) is 216 Å². The maximum atomic E-state index is 13.5. The summed E-state index contributed by atoms with van der Waals surface area (Å²) in [5, 5.41) is 9.47. The van der Waals surface area contributed by atoms with Crippen LogP contribution < -0.4 is 31.5 Å². The van der Waals surface area contributed by atoms with E-state index in [9.17, 15) is 28.8 Å². The van der Waals surface area contributed by atoms with E-state index >= 15 is 0 Å².